The molecule has 3 aromatic rings. The Kier molecular flexibility index (Phi) is 8.89. The second kappa shape index (κ2) is 12.9. The monoisotopic (exact) mass is 659 g/mol. The minimum Gasteiger partial charge on any atom is -0.460 e. The molecule has 246 valence electrons. The predicted octanol–water partition coefficient (Wildman–Crippen LogP) is 5.67. The lowest BCUT2D eigenvalue weighted by Crippen LogP contribution is -2.54. The Hall–Kier alpha value is -4.57. The molecule has 0 bridgehead atoms. The topological polar surface area (TPSA) is 114 Å². The molecule has 0 aromatic heterocycles. The first-order chi connectivity index (χ1) is 22.4. The number of esters is 1. The number of hydrogen-bond acceptors (Lipinski definition) is 7. The molecule has 3 aromatic carbocycles. The minimum atomic E-state index is -0.868. The second-order valence-electron chi connectivity index (χ2n) is 13.3. The van der Waals surface area contributed by atoms with Gasteiger partial charge in [-0.1, -0.05) is 62.7 Å². The van der Waals surface area contributed by atoms with Gasteiger partial charge in [0.1, 0.15) is 12.6 Å². The van der Waals surface area contributed by atoms with Crippen LogP contribution < -0.4 is 19.7 Å². The van der Waals surface area contributed by atoms with Gasteiger partial charge >= 0.3 is 5.97 Å². The Morgan fingerprint density at radius 1 is 1.00 bits per heavy atom. The molecule has 11 heteroatoms. The van der Waals surface area contributed by atoms with Crippen LogP contribution in [0.25, 0.3) is 0 Å². The number of hydrogen-bond donors (Lipinski definition) is 1. The zero-order valence-electron chi connectivity index (χ0n) is 26.8. The van der Waals surface area contributed by atoms with Gasteiger partial charge in [-0.3, -0.25) is 14.4 Å². The molecular weight excluding hydrogens is 622 g/mol. The number of amides is 3. The number of carbonyl (C=O) groups is 4. The molecule has 0 radical (unpaired) electrons. The van der Waals surface area contributed by atoms with Crippen molar-refractivity contribution in [3.05, 3.63) is 88.4 Å². The standard InChI is InChI=1S/C36H38ClN3O7/c1-21(38-32(41)23-12-13-23)33(42)39(18-22-10-14-25(37)15-11-22)31-26-16-29-30(47-20-46-29)17-27(26)40(35(44)36(2,3)4)28(31)19-45-34(43)24-8-6-5-7-9-24/h5-11,14-17,21,23,28,31H,12-13,18-20H2,1-4H3,(H,38,41)/t21-,28+,31-/m0/s1. The van der Waals surface area contributed by atoms with Crippen molar-refractivity contribution in [1.29, 1.82) is 0 Å². The molecule has 6 rings (SSSR count). The Labute approximate surface area is 278 Å². The van der Waals surface area contributed by atoms with Crippen LogP contribution in [0.15, 0.2) is 66.7 Å². The zero-order valence-corrected chi connectivity index (χ0v) is 27.6. The average molecular weight is 660 g/mol. The summed E-state index contributed by atoms with van der Waals surface area (Å²) in [5, 5.41) is 3.43. The Morgan fingerprint density at radius 3 is 2.30 bits per heavy atom. The molecule has 2 aliphatic heterocycles. The van der Waals surface area contributed by atoms with Crippen LogP contribution in [0.4, 0.5) is 5.69 Å². The Balaban J connectivity index is 1.46. The van der Waals surface area contributed by atoms with Crippen molar-refractivity contribution in [3.8, 4) is 11.5 Å². The number of nitrogens with one attached hydrogen (secondary N) is 1. The summed E-state index contributed by atoms with van der Waals surface area (Å²) in [4.78, 5) is 58.1. The molecule has 10 nitrogen and oxygen atoms in total. The van der Waals surface area contributed by atoms with Gasteiger partial charge in [0.2, 0.25) is 24.5 Å². The van der Waals surface area contributed by atoms with Crippen LogP contribution in [0.2, 0.25) is 5.02 Å². The molecule has 0 saturated heterocycles. The third-order valence-electron chi connectivity index (χ3n) is 8.61. The van der Waals surface area contributed by atoms with Gasteiger partial charge in [-0.05, 0) is 55.7 Å². The summed E-state index contributed by atoms with van der Waals surface area (Å²) in [6.07, 6.45) is 1.59. The van der Waals surface area contributed by atoms with Gasteiger partial charge in [-0.15, -0.1) is 0 Å². The van der Waals surface area contributed by atoms with Crippen LogP contribution in [0.5, 0.6) is 11.5 Å². The lowest BCUT2D eigenvalue weighted by Gasteiger charge is -2.38. The number of carbonyl (C=O) groups excluding carboxylic acids is 4. The third kappa shape index (κ3) is 6.79. The van der Waals surface area contributed by atoms with E-state index in [0.717, 1.165) is 18.4 Å². The van der Waals surface area contributed by atoms with Gasteiger partial charge in [-0.25, -0.2) is 4.79 Å². The summed E-state index contributed by atoms with van der Waals surface area (Å²) in [5.74, 6) is -0.443. The van der Waals surface area contributed by atoms with Gasteiger partial charge in [0, 0.05) is 34.5 Å². The fourth-order valence-corrected chi connectivity index (χ4v) is 6.11. The van der Waals surface area contributed by atoms with Crippen molar-refractivity contribution in [2.75, 3.05) is 18.3 Å². The highest BCUT2D eigenvalue weighted by atomic mass is 35.5. The van der Waals surface area contributed by atoms with Gasteiger partial charge in [-0.2, -0.15) is 0 Å². The van der Waals surface area contributed by atoms with Gasteiger partial charge < -0.3 is 29.3 Å². The van der Waals surface area contributed by atoms with E-state index in [1.807, 2.05) is 32.9 Å². The summed E-state index contributed by atoms with van der Waals surface area (Å²) >= 11 is 6.20. The van der Waals surface area contributed by atoms with Crippen LogP contribution in [-0.2, 0) is 25.7 Å². The van der Waals surface area contributed by atoms with E-state index < -0.39 is 29.5 Å². The summed E-state index contributed by atoms with van der Waals surface area (Å²) in [5.41, 5.74) is 1.48. The fourth-order valence-electron chi connectivity index (χ4n) is 5.99. The first-order valence-electron chi connectivity index (χ1n) is 15.8. The molecule has 0 unspecified atom stereocenters. The largest absolute Gasteiger partial charge is 0.460 e. The van der Waals surface area contributed by atoms with Crippen LogP contribution in [-0.4, -0.2) is 54.1 Å². The molecule has 3 amide bonds. The lowest BCUT2D eigenvalue weighted by atomic mass is 9.93. The first kappa shape index (κ1) is 32.4. The molecule has 1 aliphatic carbocycles. The lowest BCUT2D eigenvalue weighted by molar-refractivity contribution is -0.140. The number of anilines is 1. The number of halogens is 1. The summed E-state index contributed by atoms with van der Waals surface area (Å²) in [6.45, 7) is 7.03. The number of ether oxygens (including phenoxy) is 3. The number of rotatable bonds is 9. The molecule has 47 heavy (non-hydrogen) atoms. The summed E-state index contributed by atoms with van der Waals surface area (Å²) in [7, 11) is 0. The third-order valence-corrected chi connectivity index (χ3v) is 8.87. The molecule has 3 atom stereocenters. The molecular formula is C36H38ClN3O7. The van der Waals surface area contributed by atoms with E-state index in [2.05, 4.69) is 5.32 Å². The maximum absolute atomic E-state index is 14.5. The van der Waals surface area contributed by atoms with Crippen molar-refractivity contribution >= 4 is 41.0 Å². The maximum atomic E-state index is 14.5. The van der Waals surface area contributed by atoms with Crippen molar-refractivity contribution in [1.82, 2.24) is 10.2 Å². The number of fused-ring (bicyclic) bond motifs is 2. The summed E-state index contributed by atoms with van der Waals surface area (Å²) < 4.78 is 17.4. The molecule has 2 heterocycles. The molecule has 3 aliphatic rings. The van der Waals surface area contributed by atoms with E-state index in [-0.39, 0.29) is 43.6 Å². The molecule has 1 fully saturated rings. The van der Waals surface area contributed by atoms with Crippen molar-refractivity contribution < 1.29 is 33.4 Å². The van der Waals surface area contributed by atoms with Crippen LogP contribution in [0, 0.1) is 11.3 Å². The number of nitrogens with zero attached hydrogens (tertiary/aromatic N) is 2. The highest BCUT2D eigenvalue weighted by molar-refractivity contribution is 6.30. The van der Waals surface area contributed by atoms with E-state index in [4.69, 9.17) is 25.8 Å². The van der Waals surface area contributed by atoms with Gasteiger partial charge in [0.05, 0.1) is 23.3 Å². The Morgan fingerprint density at radius 2 is 1.66 bits per heavy atom. The minimum absolute atomic E-state index is 0.0197. The number of benzene rings is 3. The van der Waals surface area contributed by atoms with E-state index in [0.29, 0.717) is 33.3 Å². The predicted molar refractivity (Wildman–Crippen MR) is 175 cm³/mol. The van der Waals surface area contributed by atoms with E-state index in [1.54, 1.807) is 71.3 Å². The second-order valence-corrected chi connectivity index (χ2v) is 13.7. The molecule has 1 N–H and O–H groups in total. The summed E-state index contributed by atoms with van der Waals surface area (Å²) in [6, 6.07) is 16.8. The van der Waals surface area contributed by atoms with Crippen LogP contribution in [0.3, 0.4) is 0 Å². The van der Waals surface area contributed by atoms with Crippen molar-refractivity contribution in [2.24, 2.45) is 11.3 Å². The highest BCUT2D eigenvalue weighted by Gasteiger charge is 2.50. The fraction of sp³-hybridized carbons (Fsp3) is 0.389. The quantitative estimate of drug-likeness (QED) is 0.294. The van der Waals surface area contributed by atoms with Crippen molar-refractivity contribution in [3.63, 3.8) is 0 Å². The van der Waals surface area contributed by atoms with Crippen molar-refractivity contribution in [2.45, 2.75) is 65.2 Å². The molecule has 1 saturated carbocycles. The highest BCUT2D eigenvalue weighted by Crippen LogP contribution is 2.50. The van der Waals surface area contributed by atoms with Gasteiger partial charge in [0.25, 0.3) is 0 Å². The molecule has 0 spiro atoms. The smallest absolute Gasteiger partial charge is 0.338 e. The maximum Gasteiger partial charge on any atom is 0.338 e. The Bertz CT molecular complexity index is 1690. The van der Waals surface area contributed by atoms with Crippen LogP contribution in [0.1, 0.15) is 68.1 Å². The zero-order chi connectivity index (χ0) is 33.5. The van der Waals surface area contributed by atoms with E-state index in [1.165, 1.54) is 0 Å². The van der Waals surface area contributed by atoms with E-state index in [9.17, 15) is 19.2 Å². The van der Waals surface area contributed by atoms with Crippen LogP contribution >= 0.6 is 11.6 Å². The average Bonchev–Trinajstić information content (AvgIpc) is 3.73. The normalized spacial score (nSPS) is 18.7. The first-order valence-corrected chi connectivity index (χ1v) is 16.1. The SMILES string of the molecule is C[C@H](NC(=O)C1CC1)C(=O)N(Cc1ccc(Cl)cc1)[C@H]1c2cc3c(cc2N(C(=O)C(C)(C)C)[C@@H]1COC(=O)c1ccccc1)OCO3. The van der Waals surface area contributed by atoms with E-state index >= 15 is 0 Å². The van der Waals surface area contributed by atoms with Gasteiger partial charge in [0.15, 0.2) is 11.5 Å².